The van der Waals surface area contributed by atoms with Crippen LogP contribution in [-0.2, 0) is 13.1 Å². The minimum absolute atomic E-state index is 0.0823. The summed E-state index contributed by atoms with van der Waals surface area (Å²) in [5.74, 6) is -0.315. The molecular formula is C24H27N5O3. The number of benzene rings is 2. The molecule has 1 saturated heterocycles. The minimum Gasteiger partial charge on any atom is -0.371 e. The molecule has 0 atom stereocenters. The smallest absolute Gasteiger partial charge is 0.270 e. The van der Waals surface area contributed by atoms with Crippen molar-refractivity contribution in [3.05, 3.63) is 86.7 Å². The predicted octanol–water partition coefficient (Wildman–Crippen LogP) is 3.99. The van der Waals surface area contributed by atoms with Crippen LogP contribution in [-0.4, -0.2) is 33.7 Å². The predicted molar refractivity (Wildman–Crippen MR) is 123 cm³/mol. The van der Waals surface area contributed by atoms with Crippen LogP contribution in [0.1, 0.15) is 45.7 Å². The van der Waals surface area contributed by atoms with Gasteiger partial charge >= 0.3 is 0 Å². The van der Waals surface area contributed by atoms with Gasteiger partial charge in [-0.15, -0.1) is 0 Å². The lowest BCUT2D eigenvalue weighted by Gasteiger charge is -2.21. The lowest BCUT2D eigenvalue weighted by molar-refractivity contribution is -0.384. The van der Waals surface area contributed by atoms with E-state index in [9.17, 15) is 14.9 Å². The number of aromatic nitrogens is 2. The van der Waals surface area contributed by atoms with E-state index in [1.54, 1.807) is 6.07 Å². The highest BCUT2D eigenvalue weighted by atomic mass is 16.6. The molecule has 0 spiro atoms. The summed E-state index contributed by atoms with van der Waals surface area (Å²) >= 11 is 0. The number of nitrogens with zero attached hydrogens (tertiary/aromatic N) is 4. The van der Waals surface area contributed by atoms with Crippen molar-refractivity contribution >= 4 is 17.3 Å². The molecule has 8 heteroatoms. The molecule has 1 fully saturated rings. The van der Waals surface area contributed by atoms with Crippen LogP contribution in [0.5, 0.6) is 0 Å². The van der Waals surface area contributed by atoms with Crippen LogP contribution in [0.4, 0.5) is 11.4 Å². The van der Waals surface area contributed by atoms with Gasteiger partial charge < -0.3 is 10.2 Å². The topological polar surface area (TPSA) is 93.3 Å². The monoisotopic (exact) mass is 433 g/mol. The highest BCUT2D eigenvalue weighted by Crippen LogP contribution is 2.28. The largest absolute Gasteiger partial charge is 0.371 e. The molecule has 0 aliphatic carbocycles. The lowest BCUT2D eigenvalue weighted by Crippen LogP contribution is -2.27. The molecule has 166 valence electrons. The quantitative estimate of drug-likeness (QED) is 0.449. The molecule has 0 bridgehead atoms. The van der Waals surface area contributed by atoms with E-state index in [2.05, 4.69) is 27.4 Å². The molecule has 32 heavy (non-hydrogen) atoms. The molecule has 4 rings (SSSR count). The Kier molecular flexibility index (Phi) is 6.20. The maximum atomic E-state index is 13.1. The van der Waals surface area contributed by atoms with Gasteiger partial charge in [0.05, 0.1) is 28.4 Å². The summed E-state index contributed by atoms with van der Waals surface area (Å²) in [5, 5.41) is 18.9. The average Bonchev–Trinajstić information content (AvgIpc) is 3.41. The van der Waals surface area contributed by atoms with Crippen molar-refractivity contribution in [1.82, 2.24) is 15.1 Å². The minimum atomic E-state index is -0.466. The van der Waals surface area contributed by atoms with Crippen molar-refractivity contribution in [3.63, 3.8) is 0 Å². The molecule has 1 amide bonds. The van der Waals surface area contributed by atoms with Crippen LogP contribution < -0.4 is 10.2 Å². The van der Waals surface area contributed by atoms with Crippen LogP contribution in [0.15, 0.2) is 48.5 Å². The summed E-state index contributed by atoms with van der Waals surface area (Å²) in [4.78, 5) is 26.0. The van der Waals surface area contributed by atoms with E-state index in [4.69, 9.17) is 0 Å². The number of hydrogen-bond acceptors (Lipinski definition) is 5. The van der Waals surface area contributed by atoms with Gasteiger partial charge in [0.2, 0.25) is 0 Å². The Bertz CT molecular complexity index is 1130. The number of nitrogens with one attached hydrogen (secondary N) is 1. The Morgan fingerprint density at radius 2 is 1.84 bits per heavy atom. The first kappa shape index (κ1) is 21.5. The van der Waals surface area contributed by atoms with Crippen LogP contribution in [0.3, 0.4) is 0 Å². The van der Waals surface area contributed by atoms with E-state index in [1.165, 1.54) is 12.1 Å². The standard InChI is InChI=1S/C24H27N5O3/c1-17-22(18(2)28(26-17)16-19-8-4-3-5-9-19)15-25-24(30)21-14-20(29(31)32)10-11-23(21)27-12-6-7-13-27/h3-5,8-11,14H,6-7,12-13,15-16H2,1-2H3,(H,25,30). The van der Waals surface area contributed by atoms with Gasteiger partial charge in [0.25, 0.3) is 11.6 Å². The highest BCUT2D eigenvalue weighted by Gasteiger charge is 2.23. The number of carbonyl (C=O) groups excluding carboxylic acids is 1. The van der Waals surface area contributed by atoms with E-state index in [1.807, 2.05) is 36.7 Å². The van der Waals surface area contributed by atoms with Crippen molar-refractivity contribution in [1.29, 1.82) is 0 Å². The van der Waals surface area contributed by atoms with Gasteiger partial charge in [-0.25, -0.2) is 0 Å². The van der Waals surface area contributed by atoms with E-state index >= 15 is 0 Å². The van der Waals surface area contributed by atoms with Crippen molar-refractivity contribution in [2.24, 2.45) is 0 Å². The molecule has 1 aliphatic heterocycles. The summed E-state index contributed by atoms with van der Waals surface area (Å²) in [7, 11) is 0. The summed E-state index contributed by atoms with van der Waals surface area (Å²) in [6, 6.07) is 14.6. The third kappa shape index (κ3) is 4.49. The van der Waals surface area contributed by atoms with E-state index < -0.39 is 4.92 Å². The third-order valence-corrected chi connectivity index (χ3v) is 6.01. The van der Waals surface area contributed by atoms with Gasteiger partial charge in [-0.05, 0) is 38.3 Å². The van der Waals surface area contributed by atoms with Crippen LogP contribution >= 0.6 is 0 Å². The number of carbonyl (C=O) groups is 1. The third-order valence-electron chi connectivity index (χ3n) is 6.01. The maximum Gasteiger partial charge on any atom is 0.270 e. The molecule has 2 heterocycles. The Labute approximate surface area is 187 Å². The number of hydrogen-bond donors (Lipinski definition) is 1. The first-order valence-corrected chi connectivity index (χ1v) is 10.8. The van der Waals surface area contributed by atoms with Crippen molar-refractivity contribution in [3.8, 4) is 0 Å². The maximum absolute atomic E-state index is 13.1. The lowest BCUT2D eigenvalue weighted by atomic mass is 10.1. The number of amides is 1. The molecule has 1 aliphatic rings. The Balaban J connectivity index is 1.54. The van der Waals surface area contributed by atoms with Crippen LogP contribution in [0.2, 0.25) is 0 Å². The number of non-ortho nitro benzene ring substituents is 1. The van der Waals surface area contributed by atoms with E-state index in [0.29, 0.717) is 18.7 Å². The van der Waals surface area contributed by atoms with Crippen molar-refractivity contribution in [2.45, 2.75) is 39.8 Å². The van der Waals surface area contributed by atoms with E-state index in [-0.39, 0.29) is 11.6 Å². The Morgan fingerprint density at radius 1 is 1.12 bits per heavy atom. The fourth-order valence-corrected chi connectivity index (χ4v) is 4.22. The number of aryl methyl sites for hydroxylation is 1. The first-order valence-electron chi connectivity index (χ1n) is 10.8. The molecule has 1 aromatic heterocycles. The van der Waals surface area contributed by atoms with Gasteiger partial charge in [-0.1, -0.05) is 30.3 Å². The van der Waals surface area contributed by atoms with Gasteiger partial charge in [-0.2, -0.15) is 5.10 Å². The molecule has 1 N–H and O–H groups in total. The van der Waals surface area contributed by atoms with Crippen molar-refractivity contribution in [2.75, 3.05) is 18.0 Å². The zero-order chi connectivity index (χ0) is 22.7. The second kappa shape index (κ2) is 9.21. The van der Waals surface area contributed by atoms with E-state index in [0.717, 1.165) is 54.1 Å². The molecule has 0 saturated carbocycles. The van der Waals surface area contributed by atoms with Crippen LogP contribution in [0, 0.1) is 24.0 Å². The molecule has 8 nitrogen and oxygen atoms in total. The Morgan fingerprint density at radius 3 is 2.53 bits per heavy atom. The van der Waals surface area contributed by atoms with Crippen LogP contribution in [0.25, 0.3) is 0 Å². The second-order valence-corrected chi connectivity index (χ2v) is 8.13. The molecule has 2 aromatic carbocycles. The summed E-state index contributed by atoms with van der Waals surface area (Å²) in [5.41, 5.74) is 4.97. The second-order valence-electron chi connectivity index (χ2n) is 8.13. The van der Waals surface area contributed by atoms with Gasteiger partial charge in [0.15, 0.2) is 0 Å². The average molecular weight is 434 g/mol. The van der Waals surface area contributed by atoms with Gasteiger partial charge in [-0.3, -0.25) is 19.6 Å². The van der Waals surface area contributed by atoms with Crippen molar-refractivity contribution < 1.29 is 9.72 Å². The summed E-state index contributed by atoms with van der Waals surface area (Å²) < 4.78 is 1.94. The number of nitro benzene ring substituents is 1. The zero-order valence-corrected chi connectivity index (χ0v) is 18.4. The SMILES string of the molecule is Cc1nn(Cc2ccccc2)c(C)c1CNC(=O)c1cc([N+](=O)[O-])ccc1N1CCCC1. The highest BCUT2D eigenvalue weighted by molar-refractivity contribution is 6.00. The fraction of sp³-hybridized carbons (Fsp3) is 0.333. The Hall–Kier alpha value is -3.68. The molecule has 0 unspecified atom stereocenters. The number of anilines is 1. The normalized spacial score (nSPS) is 13.4. The summed E-state index contributed by atoms with van der Waals surface area (Å²) in [6.07, 6.45) is 2.11. The summed E-state index contributed by atoms with van der Waals surface area (Å²) in [6.45, 7) is 6.59. The molecule has 3 aromatic rings. The zero-order valence-electron chi connectivity index (χ0n) is 18.4. The molecule has 0 radical (unpaired) electrons. The van der Waals surface area contributed by atoms with Gasteiger partial charge in [0.1, 0.15) is 0 Å². The molecular weight excluding hydrogens is 406 g/mol. The fourth-order valence-electron chi connectivity index (χ4n) is 4.22. The van der Waals surface area contributed by atoms with Gasteiger partial charge in [0, 0.05) is 43.0 Å². The first-order chi connectivity index (χ1) is 15.4. The number of rotatable bonds is 7. The number of nitro groups is 1.